The van der Waals surface area contributed by atoms with Gasteiger partial charge >= 0.3 is 6.01 Å². The molecule has 3 heterocycles. The summed E-state index contributed by atoms with van der Waals surface area (Å²) in [5.41, 5.74) is 10.5. The van der Waals surface area contributed by atoms with E-state index in [1.165, 1.54) is 6.07 Å². The number of anilines is 2. The summed E-state index contributed by atoms with van der Waals surface area (Å²) in [5, 5.41) is 3.11. The number of rotatable bonds is 5. The standard InChI is InChI=1S/C24H26FN7O/c1-11(2)22-28-7-13(8-29-22)33-24-30-19-6-14-15(4-12(25)5-18(14)27-3)20(19)23(31-24)32-9-16-17(10-32)21(16)26/h4-5,7-8,11,16-17,21,27H,6,9-10,26H2,1-3H3. The smallest absolute Gasteiger partial charge is 0.324 e. The Labute approximate surface area is 191 Å². The Morgan fingerprint density at radius 3 is 2.55 bits per heavy atom. The Balaban J connectivity index is 1.41. The minimum Gasteiger partial charge on any atom is -0.421 e. The van der Waals surface area contributed by atoms with Crippen LogP contribution in [-0.2, 0) is 6.42 Å². The fraction of sp³-hybridized carbons (Fsp3) is 0.417. The van der Waals surface area contributed by atoms with E-state index in [-0.39, 0.29) is 23.8 Å². The molecular weight excluding hydrogens is 421 g/mol. The number of nitrogens with zero attached hydrogens (tertiary/aromatic N) is 5. The van der Waals surface area contributed by atoms with E-state index in [0.717, 1.165) is 52.8 Å². The van der Waals surface area contributed by atoms with Gasteiger partial charge in [0.05, 0.1) is 18.1 Å². The van der Waals surface area contributed by atoms with Gasteiger partial charge in [0.2, 0.25) is 0 Å². The van der Waals surface area contributed by atoms with Crippen LogP contribution in [0.25, 0.3) is 11.1 Å². The molecule has 9 heteroatoms. The lowest BCUT2D eigenvalue weighted by atomic mass is 10.0. The molecule has 2 aliphatic carbocycles. The van der Waals surface area contributed by atoms with Crippen molar-refractivity contribution in [2.24, 2.45) is 17.6 Å². The van der Waals surface area contributed by atoms with Crippen LogP contribution in [0.15, 0.2) is 24.5 Å². The Morgan fingerprint density at radius 2 is 1.88 bits per heavy atom. The Kier molecular flexibility index (Phi) is 4.52. The van der Waals surface area contributed by atoms with E-state index in [0.29, 0.717) is 24.0 Å². The third kappa shape index (κ3) is 3.30. The van der Waals surface area contributed by atoms with E-state index in [9.17, 15) is 4.39 Å². The molecule has 0 spiro atoms. The SMILES string of the molecule is CNc1cc(F)cc2c1Cc1nc(Oc3cnc(C(C)C)nc3)nc(N3CC4C(N)C4C3)c1-2. The average molecular weight is 448 g/mol. The molecule has 2 fully saturated rings. The highest BCUT2D eigenvalue weighted by molar-refractivity contribution is 5.88. The lowest BCUT2D eigenvalue weighted by Crippen LogP contribution is -2.29. The Hall–Kier alpha value is -3.33. The van der Waals surface area contributed by atoms with Crippen LogP contribution in [0.3, 0.4) is 0 Å². The molecule has 1 saturated heterocycles. The fourth-order valence-electron chi connectivity index (χ4n) is 5.12. The molecule has 33 heavy (non-hydrogen) atoms. The van der Waals surface area contributed by atoms with E-state index < -0.39 is 0 Å². The number of halogens is 1. The zero-order valence-corrected chi connectivity index (χ0v) is 18.8. The number of fused-ring (bicyclic) bond motifs is 4. The predicted molar refractivity (Wildman–Crippen MR) is 123 cm³/mol. The molecule has 170 valence electrons. The van der Waals surface area contributed by atoms with Crippen molar-refractivity contribution in [1.82, 2.24) is 19.9 Å². The Morgan fingerprint density at radius 1 is 1.15 bits per heavy atom. The highest BCUT2D eigenvalue weighted by atomic mass is 19.1. The minimum absolute atomic E-state index is 0.232. The van der Waals surface area contributed by atoms with E-state index in [4.69, 9.17) is 20.4 Å². The van der Waals surface area contributed by atoms with Crippen molar-refractivity contribution < 1.29 is 9.13 Å². The molecule has 3 aromatic rings. The zero-order valence-electron chi connectivity index (χ0n) is 18.8. The van der Waals surface area contributed by atoms with E-state index in [1.54, 1.807) is 25.5 Å². The lowest BCUT2D eigenvalue weighted by Gasteiger charge is -2.23. The largest absolute Gasteiger partial charge is 0.421 e. The molecule has 8 nitrogen and oxygen atoms in total. The van der Waals surface area contributed by atoms with Crippen molar-refractivity contribution in [3.63, 3.8) is 0 Å². The van der Waals surface area contributed by atoms with E-state index in [1.807, 2.05) is 13.8 Å². The van der Waals surface area contributed by atoms with Crippen molar-refractivity contribution >= 4 is 11.5 Å². The van der Waals surface area contributed by atoms with Crippen LogP contribution in [0, 0.1) is 17.7 Å². The van der Waals surface area contributed by atoms with Crippen LogP contribution in [0.5, 0.6) is 11.8 Å². The maximum absolute atomic E-state index is 14.4. The van der Waals surface area contributed by atoms with Gasteiger partial charge in [-0.05, 0) is 35.1 Å². The van der Waals surface area contributed by atoms with Gasteiger partial charge in [0, 0.05) is 49.8 Å². The summed E-state index contributed by atoms with van der Waals surface area (Å²) in [4.78, 5) is 20.5. The molecular formula is C24H26FN7O. The molecule has 1 saturated carbocycles. The van der Waals surface area contributed by atoms with Gasteiger partial charge in [0.25, 0.3) is 0 Å². The van der Waals surface area contributed by atoms with Crippen molar-refractivity contribution in [3.8, 4) is 22.9 Å². The first-order valence-electron chi connectivity index (χ1n) is 11.3. The molecule has 0 radical (unpaired) electrons. The van der Waals surface area contributed by atoms with Crippen LogP contribution in [0.1, 0.15) is 36.8 Å². The summed E-state index contributed by atoms with van der Waals surface area (Å²) >= 11 is 0. The maximum atomic E-state index is 14.4. The highest BCUT2D eigenvalue weighted by Gasteiger charge is 2.54. The average Bonchev–Trinajstić information content (AvgIpc) is 3.14. The molecule has 3 N–H and O–H groups in total. The molecule has 2 atom stereocenters. The molecule has 0 amide bonds. The fourth-order valence-corrected chi connectivity index (χ4v) is 5.12. The van der Waals surface area contributed by atoms with E-state index in [2.05, 4.69) is 20.2 Å². The molecule has 6 rings (SSSR count). The first kappa shape index (κ1) is 20.3. The van der Waals surface area contributed by atoms with Crippen molar-refractivity contribution in [3.05, 3.63) is 47.4 Å². The molecule has 3 aliphatic rings. The van der Waals surface area contributed by atoms with Gasteiger partial charge in [-0.3, -0.25) is 0 Å². The molecule has 2 aromatic heterocycles. The number of benzene rings is 1. The second kappa shape index (κ2) is 7.34. The number of hydrogen-bond donors (Lipinski definition) is 2. The van der Waals surface area contributed by atoms with E-state index >= 15 is 0 Å². The predicted octanol–water partition coefficient (Wildman–Crippen LogP) is 3.33. The Bertz CT molecular complexity index is 1230. The maximum Gasteiger partial charge on any atom is 0.324 e. The van der Waals surface area contributed by atoms with Gasteiger partial charge < -0.3 is 20.7 Å². The number of ether oxygens (including phenoxy) is 1. The van der Waals surface area contributed by atoms with Crippen molar-refractivity contribution in [1.29, 1.82) is 0 Å². The molecule has 2 unspecified atom stereocenters. The third-order valence-electron chi connectivity index (χ3n) is 6.98. The number of aromatic nitrogens is 4. The van der Waals surface area contributed by atoms with Gasteiger partial charge in [-0.25, -0.2) is 14.4 Å². The number of piperidine rings is 1. The van der Waals surface area contributed by atoms with Crippen LogP contribution in [0.4, 0.5) is 15.9 Å². The summed E-state index contributed by atoms with van der Waals surface area (Å²) < 4.78 is 20.4. The molecule has 1 aromatic carbocycles. The normalized spacial score (nSPS) is 22.2. The lowest BCUT2D eigenvalue weighted by molar-refractivity contribution is 0.434. The summed E-state index contributed by atoms with van der Waals surface area (Å²) in [6, 6.07) is 3.61. The zero-order chi connectivity index (χ0) is 22.9. The molecule has 0 bridgehead atoms. The van der Waals surface area contributed by atoms with Gasteiger partial charge in [-0.1, -0.05) is 13.8 Å². The number of nitrogens with one attached hydrogen (secondary N) is 1. The monoisotopic (exact) mass is 447 g/mol. The van der Waals surface area contributed by atoms with Gasteiger partial charge in [0.15, 0.2) is 5.75 Å². The van der Waals surface area contributed by atoms with Crippen LogP contribution < -0.4 is 20.7 Å². The first-order valence-corrected chi connectivity index (χ1v) is 11.3. The minimum atomic E-state index is -0.286. The first-order chi connectivity index (χ1) is 15.9. The molecule has 1 aliphatic heterocycles. The van der Waals surface area contributed by atoms with Crippen molar-refractivity contribution in [2.45, 2.75) is 32.2 Å². The summed E-state index contributed by atoms with van der Waals surface area (Å²) in [6.07, 6.45) is 3.87. The summed E-state index contributed by atoms with van der Waals surface area (Å²) in [7, 11) is 1.80. The summed E-state index contributed by atoms with van der Waals surface area (Å²) in [6.45, 7) is 5.76. The number of hydrogen-bond acceptors (Lipinski definition) is 8. The van der Waals surface area contributed by atoms with Gasteiger partial charge in [-0.15, -0.1) is 0 Å². The van der Waals surface area contributed by atoms with Gasteiger partial charge in [-0.2, -0.15) is 9.97 Å². The summed E-state index contributed by atoms with van der Waals surface area (Å²) in [5.74, 6) is 2.93. The van der Waals surface area contributed by atoms with Crippen LogP contribution in [-0.4, -0.2) is 46.1 Å². The quantitative estimate of drug-likeness (QED) is 0.480. The van der Waals surface area contributed by atoms with Crippen LogP contribution in [0.2, 0.25) is 0 Å². The topological polar surface area (TPSA) is 102 Å². The van der Waals surface area contributed by atoms with Gasteiger partial charge in [0.1, 0.15) is 17.5 Å². The third-order valence-corrected chi connectivity index (χ3v) is 6.98. The second-order valence-electron chi connectivity index (χ2n) is 9.40. The van der Waals surface area contributed by atoms with Crippen LogP contribution >= 0.6 is 0 Å². The highest BCUT2D eigenvalue weighted by Crippen LogP contribution is 2.50. The second-order valence-corrected chi connectivity index (χ2v) is 9.40. The number of nitrogens with two attached hydrogens (primary N) is 1. The van der Waals surface area contributed by atoms with Crippen molar-refractivity contribution in [2.75, 3.05) is 30.4 Å².